The molecule has 1 aliphatic carbocycles. The molecular weight excluding hydrogens is 464 g/mol. The molecule has 4 aromatic rings. The van der Waals surface area contributed by atoms with Gasteiger partial charge < -0.3 is 19.9 Å². The molecule has 0 amide bonds. The van der Waals surface area contributed by atoms with Crippen LogP contribution in [0.4, 0.5) is 17.5 Å². The minimum atomic E-state index is -0.143. The SMILES string of the molecule is O[C@H]1CCN(C2CCN(c3ccc(Nc4ncc5c6ccncc6n(C6CCCC6)c5n4)nc3)CC2)C1. The predicted octanol–water partition coefficient (Wildman–Crippen LogP) is 4.27. The Morgan fingerprint density at radius 1 is 0.838 bits per heavy atom. The van der Waals surface area contributed by atoms with Crippen LogP contribution >= 0.6 is 0 Å². The highest BCUT2D eigenvalue weighted by Crippen LogP contribution is 2.37. The van der Waals surface area contributed by atoms with Crippen LogP contribution in [0.2, 0.25) is 0 Å². The fourth-order valence-electron chi connectivity index (χ4n) is 6.61. The van der Waals surface area contributed by atoms with Crippen molar-refractivity contribution in [3.8, 4) is 0 Å². The molecule has 9 nitrogen and oxygen atoms in total. The molecule has 3 fully saturated rings. The normalized spacial score (nSPS) is 22.0. The molecule has 3 aliphatic rings. The highest BCUT2D eigenvalue weighted by molar-refractivity contribution is 6.06. The zero-order chi connectivity index (χ0) is 24.8. The Kier molecular flexibility index (Phi) is 5.89. The van der Waals surface area contributed by atoms with Gasteiger partial charge >= 0.3 is 0 Å². The number of pyridine rings is 2. The summed E-state index contributed by atoms with van der Waals surface area (Å²) in [7, 11) is 0. The second kappa shape index (κ2) is 9.54. The van der Waals surface area contributed by atoms with Gasteiger partial charge in [0.2, 0.25) is 5.95 Å². The lowest BCUT2D eigenvalue weighted by molar-refractivity contribution is 0.148. The van der Waals surface area contributed by atoms with Crippen molar-refractivity contribution < 1.29 is 5.11 Å². The lowest BCUT2D eigenvalue weighted by atomic mass is 10.0. The van der Waals surface area contributed by atoms with Crippen LogP contribution in [0.25, 0.3) is 21.9 Å². The lowest BCUT2D eigenvalue weighted by Gasteiger charge is -2.37. The first-order valence-electron chi connectivity index (χ1n) is 13.7. The van der Waals surface area contributed by atoms with E-state index in [0.717, 1.165) is 78.9 Å². The highest BCUT2D eigenvalue weighted by atomic mass is 16.3. The van der Waals surface area contributed by atoms with E-state index in [4.69, 9.17) is 4.98 Å². The van der Waals surface area contributed by atoms with E-state index < -0.39 is 0 Å². The van der Waals surface area contributed by atoms with Crippen molar-refractivity contribution in [2.75, 3.05) is 36.4 Å². The first-order valence-corrected chi connectivity index (χ1v) is 13.7. The molecule has 2 saturated heterocycles. The molecule has 7 rings (SSSR count). The number of nitrogens with one attached hydrogen (secondary N) is 1. The van der Waals surface area contributed by atoms with Gasteiger partial charge in [0.05, 0.1) is 29.7 Å². The molecule has 0 spiro atoms. The Bertz CT molecular complexity index is 1390. The number of β-amino-alcohol motifs (C(OH)–C–C–N with tert-alkyl or cyclic N) is 1. The van der Waals surface area contributed by atoms with Crippen molar-refractivity contribution in [2.24, 2.45) is 0 Å². The molecule has 1 atom stereocenters. The number of nitrogens with zero attached hydrogens (tertiary/aromatic N) is 7. The van der Waals surface area contributed by atoms with E-state index in [1.54, 1.807) is 0 Å². The fourth-order valence-corrected chi connectivity index (χ4v) is 6.61. The number of rotatable bonds is 5. The van der Waals surface area contributed by atoms with Gasteiger partial charge in [0.15, 0.2) is 0 Å². The van der Waals surface area contributed by atoms with Crippen molar-refractivity contribution in [3.63, 3.8) is 0 Å². The Hall–Kier alpha value is -3.30. The maximum Gasteiger partial charge on any atom is 0.230 e. The average molecular weight is 499 g/mol. The number of aliphatic hydroxyl groups excluding tert-OH is 1. The van der Waals surface area contributed by atoms with Crippen LogP contribution in [0.15, 0.2) is 43.0 Å². The lowest BCUT2D eigenvalue weighted by Crippen LogP contribution is -2.44. The summed E-state index contributed by atoms with van der Waals surface area (Å²) >= 11 is 0. The number of hydrogen-bond acceptors (Lipinski definition) is 8. The zero-order valence-electron chi connectivity index (χ0n) is 21.1. The van der Waals surface area contributed by atoms with Crippen LogP contribution in [0.1, 0.15) is 51.0 Å². The van der Waals surface area contributed by atoms with Gasteiger partial charge in [0.25, 0.3) is 0 Å². The minimum Gasteiger partial charge on any atom is -0.392 e. The molecule has 192 valence electrons. The topological polar surface area (TPSA) is 95.2 Å². The first kappa shape index (κ1) is 22.9. The summed E-state index contributed by atoms with van der Waals surface area (Å²) in [5.74, 6) is 1.31. The number of anilines is 3. The van der Waals surface area contributed by atoms with Crippen molar-refractivity contribution in [1.82, 2.24) is 29.4 Å². The summed E-state index contributed by atoms with van der Waals surface area (Å²) in [5.41, 5.74) is 3.26. The summed E-state index contributed by atoms with van der Waals surface area (Å²) in [6.07, 6.45) is 15.6. The molecule has 0 unspecified atom stereocenters. The fraction of sp³-hybridized carbons (Fsp3) is 0.500. The first-order chi connectivity index (χ1) is 18.2. The third-order valence-electron chi connectivity index (χ3n) is 8.56. The zero-order valence-corrected chi connectivity index (χ0v) is 21.1. The van der Waals surface area contributed by atoms with Crippen LogP contribution in [0.3, 0.4) is 0 Å². The maximum absolute atomic E-state index is 9.86. The number of aromatic nitrogens is 5. The highest BCUT2D eigenvalue weighted by Gasteiger charge is 2.30. The number of likely N-dealkylation sites (tertiary alicyclic amines) is 1. The number of piperidine rings is 1. The second-order valence-corrected chi connectivity index (χ2v) is 10.8. The molecule has 0 bridgehead atoms. The van der Waals surface area contributed by atoms with Gasteiger partial charge in [-0.2, -0.15) is 4.98 Å². The molecule has 2 aliphatic heterocycles. The van der Waals surface area contributed by atoms with Crippen LogP contribution in [-0.2, 0) is 0 Å². The van der Waals surface area contributed by atoms with E-state index in [2.05, 4.69) is 46.8 Å². The molecular formula is C28H34N8O. The Morgan fingerprint density at radius 2 is 1.70 bits per heavy atom. The molecule has 0 radical (unpaired) electrons. The summed E-state index contributed by atoms with van der Waals surface area (Å²) < 4.78 is 2.38. The van der Waals surface area contributed by atoms with E-state index in [1.807, 2.05) is 30.9 Å². The Labute approximate surface area is 216 Å². The van der Waals surface area contributed by atoms with Crippen molar-refractivity contribution in [1.29, 1.82) is 0 Å². The van der Waals surface area contributed by atoms with Gasteiger partial charge in [-0.1, -0.05) is 12.8 Å². The summed E-state index contributed by atoms with van der Waals surface area (Å²) in [5, 5.41) is 15.4. The quantitative estimate of drug-likeness (QED) is 0.421. The van der Waals surface area contributed by atoms with Gasteiger partial charge in [-0.3, -0.25) is 9.88 Å². The van der Waals surface area contributed by atoms with E-state index in [1.165, 1.54) is 25.7 Å². The number of fused-ring (bicyclic) bond motifs is 3. The summed E-state index contributed by atoms with van der Waals surface area (Å²) in [4.78, 5) is 23.5. The van der Waals surface area contributed by atoms with E-state index in [0.29, 0.717) is 18.0 Å². The summed E-state index contributed by atoms with van der Waals surface area (Å²) in [6.45, 7) is 3.90. The largest absolute Gasteiger partial charge is 0.392 e. The third kappa shape index (κ3) is 4.30. The Balaban J connectivity index is 1.08. The number of hydrogen-bond donors (Lipinski definition) is 2. The molecule has 6 heterocycles. The van der Waals surface area contributed by atoms with Crippen LogP contribution in [-0.4, -0.2) is 72.8 Å². The molecule has 9 heteroatoms. The van der Waals surface area contributed by atoms with Crippen LogP contribution < -0.4 is 10.2 Å². The van der Waals surface area contributed by atoms with Gasteiger partial charge in [-0.15, -0.1) is 0 Å². The molecule has 1 saturated carbocycles. The molecule has 37 heavy (non-hydrogen) atoms. The van der Waals surface area contributed by atoms with E-state index in [-0.39, 0.29) is 6.10 Å². The van der Waals surface area contributed by atoms with Crippen LogP contribution in [0.5, 0.6) is 0 Å². The van der Waals surface area contributed by atoms with Crippen molar-refractivity contribution in [2.45, 2.75) is 63.1 Å². The summed E-state index contributed by atoms with van der Waals surface area (Å²) in [6, 6.07) is 7.27. The predicted molar refractivity (Wildman–Crippen MR) is 145 cm³/mol. The minimum absolute atomic E-state index is 0.143. The maximum atomic E-state index is 9.86. The Morgan fingerprint density at radius 3 is 2.46 bits per heavy atom. The van der Waals surface area contributed by atoms with Crippen molar-refractivity contribution in [3.05, 3.63) is 43.0 Å². The number of aliphatic hydroxyl groups is 1. The van der Waals surface area contributed by atoms with Gasteiger partial charge in [0, 0.05) is 61.4 Å². The molecule has 2 N–H and O–H groups in total. The smallest absolute Gasteiger partial charge is 0.230 e. The standard InChI is InChI=1S/C28H34N8O/c37-22-10-14-35(18-22)19-8-12-34(13-9-19)21-5-6-26(30-15-21)32-28-31-16-24-23-7-11-29-17-25(23)36(27(24)33-28)20-3-1-2-4-20/h5-7,11,15-17,19-20,22,37H,1-4,8-10,12-14,18H2,(H,30,31,32,33)/t22-/m0/s1. The monoisotopic (exact) mass is 498 g/mol. The van der Waals surface area contributed by atoms with Gasteiger partial charge in [-0.05, 0) is 50.3 Å². The van der Waals surface area contributed by atoms with E-state index in [9.17, 15) is 5.11 Å². The van der Waals surface area contributed by atoms with E-state index >= 15 is 0 Å². The average Bonchev–Trinajstić information content (AvgIpc) is 3.68. The van der Waals surface area contributed by atoms with Crippen LogP contribution in [0, 0.1) is 0 Å². The van der Waals surface area contributed by atoms with Gasteiger partial charge in [-0.25, -0.2) is 9.97 Å². The van der Waals surface area contributed by atoms with Crippen molar-refractivity contribution >= 4 is 39.4 Å². The molecule has 0 aromatic carbocycles. The molecule has 4 aromatic heterocycles. The second-order valence-electron chi connectivity index (χ2n) is 10.8. The van der Waals surface area contributed by atoms with Gasteiger partial charge in [0.1, 0.15) is 11.5 Å². The third-order valence-corrected chi connectivity index (χ3v) is 8.56.